The van der Waals surface area contributed by atoms with Crippen LogP contribution < -0.4 is 0 Å². The van der Waals surface area contributed by atoms with Crippen LogP contribution in [0.4, 0.5) is 0 Å². The molecule has 1 saturated carbocycles. The highest BCUT2D eigenvalue weighted by molar-refractivity contribution is 9.09. The zero-order valence-electron chi connectivity index (χ0n) is 13.5. The Morgan fingerprint density at radius 2 is 1.84 bits per heavy atom. The lowest BCUT2D eigenvalue weighted by atomic mass is 9.75. The van der Waals surface area contributed by atoms with Crippen LogP contribution in [0.25, 0.3) is 0 Å². The molecule has 3 unspecified atom stereocenters. The second-order valence-corrected chi connectivity index (χ2v) is 7.58. The van der Waals surface area contributed by atoms with E-state index in [0.717, 1.165) is 29.7 Å². The molecule has 0 saturated heterocycles. The van der Waals surface area contributed by atoms with Gasteiger partial charge < -0.3 is 4.74 Å². The molecular weight excluding hydrogens is 300 g/mol. The van der Waals surface area contributed by atoms with E-state index in [9.17, 15) is 0 Å². The lowest BCUT2D eigenvalue weighted by Gasteiger charge is -2.40. The molecule has 2 heteroatoms. The van der Waals surface area contributed by atoms with Gasteiger partial charge in [0.15, 0.2) is 0 Å². The molecule has 1 nitrogen and oxygen atoms in total. The third kappa shape index (κ3) is 4.74. The van der Waals surface area contributed by atoms with E-state index >= 15 is 0 Å². The number of ether oxygens (including phenoxy) is 1. The van der Waals surface area contributed by atoms with E-state index < -0.39 is 0 Å². The summed E-state index contributed by atoms with van der Waals surface area (Å²) in [6.07, 6.45) is 6.87. The van der Waals surface area contributed by atoms with Crippen molar-refractivity contribution in [2.24, 2.45) is 23.2 Å². The van der Waals surface area contributed by atoms with Crippen molar-refractivity contribution < 1.29 is 4.74 Å². The minimum Gasteiger partial charge on any atom is -0.377 e. The quantitative estimate of drug-likeness (QED) is 0.546. The molecule has 0 aliphatic heterocycles. The van der Waals surface area contributed by atoms with Gasteiger partial charge in [-0.05, 0) is 43.4 Å². The molecule has 0 heterocycles. The van der Waals surface area contributed by atoms with Crippen molar-refractivity contribution in [3.05, 3.63) is 0 Å². The van der Waals surface area contributed by atoms with Gasteiger partial charge in [-0.3, -0.25) is 0 Å². The van der Waals surface area contributed by atoms with Crippen LogP contribution in [0.5, 0.6) is 0 Å². The van der Waals surface area contributed by atoms with Gasteiger partial charge in [-0.1, -0.05) is 57.0 Å². The largest absolute Gasteiger partial charge is 0.377 e. The molecule has 0 amide bonds. The summed E-state index contributed by atoms with van der Waals surface area (Å²) in [6.45, 7) is 12.6. The van der Waals surface area contributed by atoms with Gasteiger partial charge in [-0.15, -0.1) is 0 Å². The molecule has 1 fully saturated rings. The standard InChI is InChI=1S/C17H33BrO/c1-6-17(7-2,11-18)12-19-16-10-14(5)8-9-15(16)13(3)4/h13-16H,6-12H2,1-5H3. The molecular formula is C17H33BrO. The number of alkyl halides is 1. The first-order chi connectivity index (χ1) is 8.98. The molecule has 1 aliphatic rings. The Hall–Kier alpha value is 0.440. The monoisotopic (exact) mass is 332 g/mol. The maximum atomic E-state index is 6.44. The van der Waals surface area contributed by atoms with Crippen LogP contribution in [0.2, 0.25) is 0 Å². The highest BCUT2D eigenvalue weighted by Gasteiger charge is 2.34. The van der Waals surface area contributed by atoms with Crippen molar-refractivity contribution in [1.29, 1.82) is 0 Å². The second kappa shape index (κ2) is 8.02. The molecule has 0 N–H and O–H groups in total. The van der Waals surface area contributed by atoms with Crippen molar-refractivity contribution in [2.45, 2.75) is 72.8 Å². The first kappa shape index (κ1) is 17.5. The van der Waals surface area contributed by atoms with E-state index in [0.29, 0.717) is 11.5 Å². The summed E-state index contributed by atoms with van der Waals surface area (Å²) in [4.78, 5) is 0. The molecule has 114 valence electrons. The fraction of sp³-hybridized carbons (Fsp3) is 1.00. The minimum absolute atomic E-state index is 0.336. The molecule has 0 aromatic carbocycles. The SMILES string of the molecule is CCC(CC)(CBr)COC1CC(C)CCC1C(C)C. The Labute approximate surface area is 129 Å². The topological polar surface area (TPSA) is 9.23 Å². The van der Waals surface area contributed by atoms with Crippen LogP contribution in [0.3, 0.4) is 0 Å². The zero-order valence-corrected chi connectivity index (χ0v) is 15.1. The van der Waals surface area contributed by atoms with E-state index in [1.165, 1.54) is 32.1 Å². The molecule has 1 rings (SSSR count). The van der Waals surface area contributed by atoms with Gasteiger partial charge in [0.05, 0.1) is 12.7 Å². The summed E-state index contributed by atoms with van der Waals surface area (Å²) in [5.74, 6) is 2.35. The van der Waals surface area contributed by atoms with Gasteiger partial charge in [-0.25, -0.2) is 0 Å². The Morgan fingerprint density at radius 1 is 1.21 bits per heavy atom. The van der Waals surface area contributed by atoms with Crippen molar-refractivity contribution in [2.75, 3.05) is 11.9 Å². The number of rotatable bonds is 7. The van der Waals surface area contributed by atoms with Crippen LogP contribution in [-0.2, 0) is 4.74 Å². The number of halogens is 1. The van der Waals surface area contributed by atoms with Crippen LogP contribution >= 0.6 is 15.9 Å². The molecule has 0 aromatic rings. The van der Waals surface area contributed by atoms with Gasteiger partial charge in [0, 0.05) is 10.7 Å². The predicted molar refractivity (Wildman–Crippen MR) is 87.9 cm³/mol. The first-order valence-corrected chi connectivity index (χ1v) is 9.27. The summed E-state index contributed by atoms with van der Waals surface area (Å²) in [7, 11) is 0. The van der Waals surface area contributed by atoms with Gasteiger partial charge in [0.2, 0.25) is 0 Å². The molecule has 0 radical (unpaired) electrons. The van der Waals surface area contributed by atoms with E-state index in [2.05, 4.69) is 50.5 Å². The minimum atomic E-state index is 0.336. The Bertz CT molecular complexity index is 239. The van der Waals surface area contributed by atoms with Crippen molar-refractivity contribution in [3.63, 3.8) is 0 Å². The number of hydrogen-bond donors (Lipinski definition) is 0. The Balaban J connectivity index is 2.61. The zero-order chi connectivity index (χ0) is 14.5. The molecule has 3 atom stereocenters. The Kier molecular flexibility index (Phi) is 7.39. The third-order valence-electron chi connectivity index (χ3n) is 5.35. The van der Waals surface area contributed by atoms with Gasteiger partial charge >= 0.3 is 0 Å². The van der Waals surface area contributed by atoms with E-state index in [1.54, 1.807) is 0 Å². The normalized spacial score (nSPS) is 28.9. The summed E-state index contributed by atoms with van der Waals surface area (Å²) in [5.41, 5.74) is 0.336. The smallest absolute Gasteiger partial charge is 0.0608 e. The van der Waals surface area contributed by atoms with Gasteiger partial charge in [0.25, 0.3) is 0 Å². The van der Waals surface area contributed by atoms with E-state index in [4.69, 9.17) is 4.74 Å². The fourth-order valence-corrected chi connectivity index (χ4v) is 4.23. The maximum Gasteiger partial charge on any atom is 0.0608 e. The van der Waals surface area contributed by atoms with Crippen molar-refractivity contribution in [1.82, 2.24) is 0 Å². The lowest BCUT2D eigenvalue weighted by molar-refractivity contribution is -0.0695. The highest BCUT2D eigenvalue weighted by Crippen LogP contribution is 2.37. The van der Waals surface area contributed by atoms with Crippen molar-refractivity contribution >= 4 is 15.9 Å². The van der Waals surface area contributed by atoms with Crippen LogP contribution in [0.15, 0.2) is 0 Å². The first-order valence-electron chi connectivity index (χ1n) is 8.15. The van der Waals surface area contributed by atoms with Crippen LogP contribution in [0.1, 0.15) is 66.7 Å². The van der Waals surface area contributed by atoms with Crippen molar-refractivity contribution in [3.8, 4) is 0 Å². The summed E-state index contributed by atoms with van der Waals surface area (Å²) in [6, 6.07) is 0. The molecule has 1 aliphatic carbocycles. The third-order valence-corrected chi connectivity index (χ3v) is 6.54. The van der Waals surface area contributed by atoms with Crippen LogP contribution in [0, 0.1) is 23.2 Å². The number of hydrogen-bond acceptors (Lipinski definition) is 1. The summed E-state index contributed by atoms with van der Waals surface area (Å²) >= 11 is 3.69. The summed E-state index contributed by atoms with van der Waals surface area (Å²) < 4.78 is 6.44. The van der Waals surface area contributed by atoms with E-state index in [-0.39, 0.29) is 0 Å². The average molecular weight is 333 g/mol. The van der Waals surface area contributed by atoms with E-state index in [1.807, 2.05) is 0 Å². The lowest BCUT2D eigenvalue weighted by Crippen LogP contribution is -2.38. The molecule has 0 aromatic heterocycles. The highest BCUT2D eigenvalue weighted by atomic mass is 79.9. The maximum absolute atomic E-state index is 6.44. The summed E-state index contributed by atoms with van der Waals surface area (Å²) in [5, 5.41) is 1.06. The average Bonchev–Trinajstić information content (AvgIpc) is 2.40. The molecule has 0 spiro atoms. The molecule has 19 heavy (non-hydrogen) atoms. The second-order valence-electron chi connectivity index (χ2n) is 7.02. The van der Waals surface area contributed by atoms with Gasteiger partial charge in [-0.2, -0.15) is 0 Å². The van der Waals surface area contributed by atoms with Crippen LogP contribution in [-0.4, -0.2) is 18.0 Å². The van der Waals surface area contributed by atoms with Gasteiger partial charge in [0.1, 0.15) is 0 Å². The Morgan fingerprint density at radius 3 is 2.32 bits per heavy atom. The fourth-order valence-electron chi connectivity index (χ4n) is 3.27. The molecule has 0 bridgehead atoms. The predicted octanol–water partition coefficient (Wildman–Crippen LogP) is 5.67.